The van der Waals surface area contributed by atoms with Crippen LogP contribution in [0.3, 0.4) is 0 Å². The summed E-state index contributed by atoms with van der Waals surface area (Å²) in [4.78, 5) is 11.7. The van der Waals surface area contributed by atoms with E-state index in [0.717, 1.165) is 20.9 Å². The van der Waals surface area contributed by atoms with Crippen molar-refractivity contribution in [2.24, 2.45) is 0 Å². The molecule has 0 aliphatic heterocycles. The van der Waals surface area contributed by atoms with E-state index < -0.39 is 0 Å². The van der Waals surface area contributed by atoms with Crippen molar-refractivity contribution in [3.63, 3.8) is 0 Å². The summed E-state index contributed by atoms with van der Waals surface area (Å²) in [6, 6.07) is 5.59. The topological polar surface area (TPSA) is 17.1 Å². The van der Waals surface area contributed by atoms with Crippen LogP contribution >= 0.6 is 31.9 Å². The predicted octanol–water partition coefficient (Wildman–Crippen LogP) is 4.36. The van der Waals surface area contributed by atoms with Gasteiger partial charge in [0, 0.05) is 20.9 Å². The summed E-state index contributed by atoms with van der Waals surface area (Å²) in [5.74, 6) is 0.137. The van der Waals surface area contributed by atoms with Gasteiger partial charge in [-0.2, -0.15) is 0 Å². The van der Waals surface area contributed by atoms with Crippen LogP contribution in [0.15, 0.2) is 39.8 Å². The number of hydrogen-bond acceptors (Lipinski definition) is 1. The summed E-state index contributed by atoms with van der Waals surface area (Å²) in [7, 11) is 0. The molecule has 1 aromatic rings. The van der Waals surface area contributed by atoms with Gasteiger partial charge in [-0.3, -0.25) is 4.79 Å². The lowest BCUT2D eigenvalue weighted by molar-refractivity contribution is 0.0983. The second-order valence-corrected chi connectivity index (χ2v) is 4.64. The second-order valence-electron chi connectivity index (χ2n) is 2.87. The van der Waals surface area contributed by atoms with Crippen molar-refractivity contribution >= 4 is 37.6 Å². The van der Waals surface area contributed by atoms with Crippen LogP contribution in [0.4, 0.5) is 0 Å². The highest BCUT2D eigenvalue weighted by Gasteiger charge is 2.09. The molecule has 0 bridgehead atoms. The molecule has 14 heavy (non-hydrogen) atoms. The van der Waals surface area contributed by atoms with Gasteiger partial charge in [-0.15, -0.1) is 6.58 Å². The van der Waals surface area contributed by atoms with E-state index in [1.165, 1.54) is 0 Å². The van der Waals surface area contributed by atoms with Crippen LogP contribution in [-0.4, -0.2) is 5.78 Å². The van der Waals surface area contributed by atoms with Crippen LogP contribution in [0, 0.1) is 0 Å². The Morgan fingerprint density at radius 1 is 1.43 bits per heavy atom. The van der Waals surface area contributed by atoms with E-state index in [9.17, 15) is 4.79 Å². The van der Waals surface area contributed by atoms with Gasteiger partial charge >= 0.3 is 0 Å². The van der Waals surface area contributed by atoms with Crippen LogP contribution in [0.2, 0.25) is 0 Å². The van der Waals surface area contributed by atoms with Crippen molar-refractivity contribution in [1.82, 2.24) is 0 Å². The van der Waals surface area contributed by atoms with Crippen LogP contribution in [0.1, 0.15) is 23.2 Å². The monoisotopic (exact) mass is 316 g/mol. The van der Waals surface area contributed by atoms with Gasteiger partial charge in [0.25, 0.3) is 0 Å². The van der Waals surface area contributed by atoms with Crippen molar-refractivity contribution < 1.29 is 4.79 Å². The molecule has 3 heteroatoms. The molecular formula is C11H10Br2O. The van der Waals surface area contributed by atoms with E-state index in [1.807, 2.05) is 18.2 Å². The summed E-state index contributed by atoms with van der Waals surface area (Å²) >= 11 is 6.70. The average Bonchev–Trinajstić information content (AvgIpc) is 2.18. The van der Waals surface area contributed by atoms with Gasteiger partial charge in [-0.05, 0) is 24.6 Å². The van der Waals surface area contributed by atoms with E-state index in [0.29, 0.717) is 6.42 Å². The Morgan fingerprint density at radius 3 is 2.79 bits per heavy atom. The van der Waals surface area contributed by atoms with Crippen molar-refractivity contribution in [2.75, 3.05) is 0 Å². The number of benzene rings is 1. The van der Waals surface area contributed by atoms with Gasteiger partial charge in [0.05, 0.1) is 0 Å². The summed E-state index contributed by atoms with van der Waals surface area (Å²) in [6.45, 7) is 3.59. The fourth-order valence-electron chi connectivity index (χ4n) is 1.08. The van der Waals surface area contributed by atoms with Crippen molar-refractivity contribution in [3.8, 4) is 0 Å². The van der Waals surface area contributed by atoms with Crippen LogP contribution in [-0.2, 0) is 0 Å². The molecule has 0 spiro atoms. The normalized spacial score (nSPS) is 9.86. The first-order chi connectivity index (χ1) is 6.65. The second kappa shape index (κ2) is 5.47. The number of carbonyl (C=O) groups is 1. The zero-order chi connectivity index (χ0) is 10.6. The highest BCUT2D eigenvalue weighted by molar-refractivity contribution is 9.11. The highest BCUT2D eigenvalue weighted by Crippen LogP contribution is 2.23. The summed E-state index contributed by atoms with van der Waals surface area (Å²) < 4.78 is 1.76. The Morgan fingerprint density at radius 2 is 2.14 bits per heavy atom. The Balaban J connectivity index is 2.88. The fraction of sp³-hybridized carbons (Fsp3) is 0.182. The molecule has 0 radical (unpaired) electrons. The third-order valence-electron chi connectivity index (χ3n) is 1.80. The predicted molar refractivity (Wildman–Crippen MR) is 65.6 cm³/mol. The minimum Gasteiger partial charge on any atom is -0.294 e. The largest absolute Gasteiger partial charge is 0.294 e. The number of allylic oxidation sites excluding steroid dienone is 1. The zero-order valence-corrected chi connectivity index (χ0v) is 10.8. The minimum absolute atomic E-state index is 0.137. The fourth-order valence-corrected chi connectivity index (χ4v) is 1.91. The van der Waals surface area contributed by atoms with Gasteiger partial charge < -0.3 is 0 Å². The molecule has 0 saturated heterocycles. The minimum atomic E-state index is 0.137. The molecule has 0 saturated carbocycles. The first-order valence-electron chi connectivity index (χ1n) is 4.24. The molecule has 1 nitrogen and oxygen atoms in total. The smallest absolute Gasteiger partial charge is 0.164 e. The molecule has 1 aromatic carbocycles. The molecule has 0 aliphatic rings. The third-order valence-corrected chi connectivity index (χ3v) is 2.99. The molecule has 0 aliphatic carbocycles. The molecule has 1 rings (SSSR count). The molecule has 0 heterocycles. The molecule has 0 atom stereocenters. The molecule has 74 valence electrons. The number of carbonyl (C=O) groups excluding carboxylic acids is 1. The number of ketones is 1. The van der Waals surface area contributed by atoms with Crippen LogP contribution in [0.25, 0.3) is 0 Å². The quantitative estimate of drug-likeness (QED) is 0.595. The van der Waals surface area contributed by atoms with Crippen molar-refractivity contribution in [3.05, 3.63) is 45.4 Å². The first kappa shape index (κ1) is 11.7. The van der Waals surface area contributed by atoms with E-state index in [4.69, 9.17) is 0 Å². The van der Waals surface area contributed by atoms with Gasteiger partial charge in [-0.25, -0.2) is 0 Å². The maximum absolute atomic E-state index is 11.7. The Kier molecular flexibility index (Phi) is 4.55. The molecule has 0 unspecified atom stereocenters. The van der Waals surface area contributed by atoms with Crippen LogP contribution in [0.5, 0.6) is 0 Å². The summed E-state index contributed by atoms with van der Waals surface area (Å²) in [5.41, 5.74) is 0.723. The number of rotatable bonds is 4. The maximum atomic E-state index is 11.7. The number of Topliss-reactive ketones (excluding diaryl/α,β-unsaturated/α-hetero) is 1. The SMILES string of the molecule is C=CCCC(=O)c1cc(Br)ccc1Br. The van der Waals surface area contributed by atoms with Crippen LogP contribution < -0.4 is 0 Å². The Hall–Kier alpha value is -0.410. The Bertz CT molecular complexity index is 358. The molecule has 0 amide bonds. The lowest BCUT2D eigenvalue weighted by Gasteiger charge is -2.02. The van der Waals surface area contributed by atoms with Gasteiger partial charge in [-0.1, -0.05) is 37.9 Å². The van der Waals surface area contributed by atoms with Crippen molar-refractivity contribution in [1.29, 1.82) is 0 Å². The van der Waals surface area contributed by atoms with E-state index in [2.05, 4.69) is 38.4 Å². The standard InChI is InChI=1S/C11H10Br2O/c1-2-3-4-11(14)9-7-8(12)5-6-10(9)13/h2,5-7H,1,3-4H2. The van der Waals surface area contributed by atoms with E-state index in [-0.39, 0.29) is 5.78 Å². The lowest BCUT2D eigenvalue weighted by Crippen LogP contribution is -1.99. The Labute approximate surface area is 100 Å². The number of halogens is 2. The number of hydrogen-bond donors (Lipinski definition) is 0. The highest BCUT2D eigenvalue weighted by atomic mass is 79.9. The molecule has 0 N–H and O–H groups in total. The third kappa shape index (κ3) is 3.07. The zero-order valence-electron chi connectivity index (χ0n) is 7.59. The molecular weight excluding hydrogens is 308 g/mol. The van der Waals surface area contributed by atoms with E-state index >= 15 is 0 Å². The van der Waals surface area contributed by atoms with Crippen molar-refractivity contribution in [2.45, 2.75) is 12.8 Å². The van der Waals surface area contributed by atoms with Gasteiger partial charge in [0.1, 0.15) is 0 Å². The van der Waals surface area contributed by atoms with E-state index in [1.54, 1.807) is 6.08 Å². The van der Waals surface area contributed by atoms with Gasteiger partial charge in [0.15, 0.2) is 5.78 Å². The summed E-state index contributed by atoms with van der Waals surface area (Å²) in [6.07, 6.45) is 2.99. The maximum Gasteiger partial charge on any atom is 0.164 e. The lowest BCUT2D eigenvalue weighted by atomic mass is 10.1. The average molecular weight is 318 g/mol. The molecule has 0 fully saturated rings. The molecule has 0 aromatic heterocycles. The van der Waals surface area contributed by atoms with Gasteiger partial charge in [0.2, 0.25) is 0 Å². The summed E-state index contributed by atoms with van der Waals surface area (Å²) in [5, 5.41) is 0. The first-order valence-corrected chi connectivity index (χ1v) is 5.83.